The fraction of sp³-hybridized carbons (Fsp3) is 0.143. The number of alkyl halides is 2. The Morgan fingerprint density at radius 1 is 1.20 bits per heavy atom. The van der Waals surface area contributed by atoms with Crippen molar-refractivity contribution in [2.45, 2.75) is 4.84 Å². The van der Waals surface area contributed by atoms with E-state index < -0.39 is 4.84 Å². The molecule has 0 bridgehead atoms. The van der Waals surface area contributed by atoms with Gasteiger partial charge in [0.05, 0.1) is 0 Å². The lowest BCUT2D eigenvalue weighted by molar-refractivity contribution is 1.32. The van der Waals surface area contributed by atoms with E-state index in [1.165, 1.54) is 0 Å². The van der Waals surface area contributed by atoms with E-state index in [0.29, 0.717) is 0 Å². The van der Waals surface area contributed by atoms with Gasteiger partial charge in [-0.05, 0) is 11.6 Å². The number of rotatable bonds is 1. The van der Waals surface area contributed by atoms with Crippen LogP contribution in [0, 0.1) is 0 Å². The third kappa shape index (κ3) is 1.88. The molecule has 10 heavy (non-hydrogen) atoms. The van der Waals surface area contributed by atoms with Gasteiger partial charge in [0.25, 0.3) is 0 Å². The normalized spacial score (nSPS) is 10.4. The molecule has 0 saturated carbocycles. The Morgan fingerprint density at radius 2 is 1.80 bits per heavy atom. The van der Waals surface area contributed by atoms with Crippen LogP contribution in [0.1, 0.15) is 10.4 Å². The van der Waals surface area contributed by atoms with Crippen LogP contribution in [-0.4, -0.2) is 0 Å². The van der Waals surface area contributed by atoms with Crippen molar-refractivity contribution in [3.63, 3.8) is 0 Å². The molecule has 0 nitrogen and oxygen atoms in total. The van der Waals surface area contributed by atoms with E-state index >= 15 is 0 Å². The molecule has 0 fully saturated rings. The van der Waals surface area contributed by atoms with Crippen LogP contribution >= 0.6 is 39.1 Å². The van der Waals surface area contributed by atoms with Crippen molar-refractivity contribution in [1.29, 1.82) is 0 Å². The highest BCUT2D eigenvalue weighted by atomic mass is 79.9. The molecule has 3 heteroatoms. The standard InChI is InChI=1S/C7H5BrCl2/c8-6-4-2-1-3-5(6)7(9)10/h1-4,7H. The fourth-order valence-electron chi connectivity index (χ4n) is 0.652. The van der Waals surface area contributed by atoms with Crippen LogP contribution in [0.5, 0.6) is 0 Å². The molecular weight excluding hydrogens is 235 g/mol. The van der Waals surface area contributed by atoms with Crippen molar-refractivity contribution in [1.82, 2.24) is 0 Å². The molecular formula is C7H5BrCl2. The topological polar surface area (TPSA) is 0 Å². The maximum Gasteiger partial charge on any atom is 0.133 e. The summed E-state index contributed by atoms with van der Waals surface area (Å²) in [5, 5.41) is 0. The van der Waals surface area contributed by atoms with Crippen LogP contribution in [0.15, 0.2) is 28.7 Å². The summed E-state index contributed by atoms with van der Waals surface area (Å²) < 4.78 is 0.949. The molecule has 0 unspecified atom stereocenters. The van der Waals surface area contributed by atoms with Crippen molar-refractivity contribution in [2.75, 3.05) is 0 Å². The summed E-state index contributed by atoms with van der Waals surface area (Å²) >= 11 is 14.6. The van der Waals surface area contributed by atoms with Gasteiger partial charge in [-0.15, -0.1) is 23.2 Å². The predicted molar refractivity (Wildman–Crippen MR) is 48.6 cm³/mol. The third-order valence-electron chi connectivity index (χ3n) is 1.14. The SMILES string of the molecule is ClC(Cl)c1ccccc1Br. The first kappa shape index (κ1) is 8.38. The van der Waals surface area contributed by atoms with Crippen LogP contribution in [0.3, 0.4) is 0 Å². The molecule has 0 radical (unpaired) electrons. The Hall–Kier alpha value is 0.280. The Kier molecular flexibility index (Phi) is 3.02. The van der Waals surface area contributed by atoms with Gasteiger partial charge in [0, 0.05) is 4.47 Å². The molecule has 1 aromatic rings. The maximum absolute atomic E-state index is 5.64. The van der Waals surface area contributed by atoms with Gasteiger partial charge in [-0.1, -0.05) is 34.1 Å². The first-order chi connectivity index (χ1) is 4.72. The lowest BCUT2D eigenvalue weighted by Crippen LogP contribution is -1.81. The molecule has 0 atom stereocenters. The average Bonchev–Trinajstić information content (AvgIpc) is 1.88. The largest absolute Gasteiger partial charge is 0.133 e. The first-order valence-electron chi connectivity index (χ1n) is 2.74. The second-order valence-electron chi connectivity index (χ2n) is 1.82. The van der Waals surface area contributed by atoms with Crippen LogP contribution < -0.4 is 0 Å². The highest BCUT2D eigenvalue weighted by Crippen LogP contribution is 2.30. The molecule has 0 heterocycles. The summed E-state index contributed by atoms with van der Waals surface area (Å²) in [7, 11) is 0. The summed E-state index contributed by atoms with van der Waals surface area (Å²) in [6.45, 7) is 0. The smallest absolute Gasteiger partial charge is 0.100 e. The van der Waals surface area contributed by atoms with E-state index in [1.54, 1.807) is 0 Å². The molecule has 0 N–H and O–H groups in total. The van der Waals surface area contributed by atoms with Gasteiger partial charge in [-0.3, -0.25) is 0 Å². The summed E-state index contributed by atoms with van der Waals surface area (Å²) in [4.78, 5) is -0.449. The summed E-state index contributed by atoms with van der Waals surface area (Å²) in [5.74, 6) is 0. The predicted octanol–water partition coefficient (Wildman–Crippen LogP) is 3.93. The number of halogens is 3. The van der Waals surface area contributed by atoms with Gasteiger partial charge in [0.2, 0.25) is 0 Å². The minimum atomic E-state index is -0.449. The second kappa shape index (κ2) is 3.61. The zero-order valence-corrected chi connectivity index (χ0v) is 8.12. The molecule has 0 aliphatic rings. The third-order valence-corrected chi connectivity index (χ3v) is 2.33. The highest BCUT2D eigenvalue weighted by molar-refractivity contribution is 9.10. The Labute approximate surface area is 78.3 Å². The first-order valence-corrected chi connectivity index (χ1v) is 4.41. The molecule has 1 rings (SSSR count). The van der Waals surface area contributed by atoms with Crippen LogP contribution in [0.2, 0.25) is 0 Å². The summed E-state index contributed by atoms with van der Waals surface area (Å²) in [6, 6.07) is 7.61. The molecule has 0 amide bonds. The van der Waals surface area contributed by atoms with Gasteiger partial charge in [0.15, 0.2) is 0 Å². The highest BCUT2D eigenvalue weighted by Gasteiger charge is 2.05. The quantitative estimate of drug-likeness (QED) is 0.652. The maximum atomic E-state index is 5.64. The van der Waals surface area contributed by atoms with Gasteiger partial charge in [-0.2, -0.15) is 0 Å². The summed E-state index contributed by atoms with van der Waals surface area (Å²) in [6.07, 6.45) is 0. The van der Waals surface area contributed by atoms with Crippen LogP contribution in [0.4, 0.5) is 0 Å². The fourth-order valence-corrected chi connectivity index (χ4v) is 1.81. The van der Waals surface area contributed by atoms with Crippen molar-refractivity contribution < 1.29 is 0 Å². The zero-order valence-electron chi connectivity index (χ0n) is 5.02. The van der Waals surface area contributed by atoms with Crippen molar-refractivity contribution in [2.24, 2.45) is 0 Å². The Morgan fingerprint density at radius 3 is 2.20 bits per heavy atom. The van der Waals surface area contributed by atoms with Crippen LogP contribution in [0.25, 0.3) is 0 Å². The lowest BCUT2D eigenvalue weighted by Gasteiger charge is -2.02. The lowest BCUT2D eigenvalue weighted by atomic mass is 10.2. The average molecular weight is 240 g/mol. The number of benzene rings is 1. The van der Waals surface area contributed by atoms with Crippen molar-refractivity contribution in [3.05, 3.63) is 34.3 Å². The molecule has 0 saturated heterocycles. The zero-order chi connectivity index (χ0) is 7.56. The molecule has 0 aliphatic carbocycles. The minimum Gasteiger partial charge on any atom is -0.100 e. The Balaban J connectivity index is 3.03. The second-order valence-corrected chi connectivity index (χ2v) is 3.77. The van der Waals surface area contributed by atoms with E-state index in [9.17, 15) is 0 Å². The monoisotopic (exact) mass is 238 g/mol. The van der Waals surface area contributed by atoms with Crippen molar-refractivity contribution >= 4 is 39.1 Å². The molecule has 0 aromatic heterocycles. The van der Waals surface area contributed by atoms with E-state index in [2.05, 4.69) is 15.9 Å². The molecule has 54 valence electrons. The minimum absolute atomic E-state index is 0.449. The molecule has 1 aromatic carbocycles. The van der Waals surface area contributed by atoms with E-state index in [1.807, 2.05) is 24.3 Å². The van der Waals surface area contributed by atoms with Gasteiger partial charge in [0.1, 0.15) is 4.84 Å². The van der Waals surface area contributed by atoms with Gasteiger partial charge < -0.3 is 0 Å². The van der Waals surface area contributed by atoms with E-state index in [-0.39, 0.29) is 0 Å². The van der Waals surface area contributed by atoms with Gasteiger partial charge >= 0.3 is 0 Å². The summed E-state index contributed by atoms with van der Waals surface area (Å²) in [5.41, 5.74) is 0.908. The number of hydrogen-bond acceptors (Lipinski definition) is 0. The molecule has 0 spiro atoms. The number of hydrogen-bond donors (Lipinski definition) is 0. The molecule has 0 aliphatic heterocycles. The Bertz CT molecular complexity index is 223. The van der Waals surface area contributed by atoms with Gasteiger partial charge in [-0.25, -0.2) is 0 Å². The van der Waals surface area contributed by atoms with E-state index in [0.717, 1.165) is 10.0 Å². The van der Waals surface area contributed by atoms with Crippen molar-refractivity contribution in [3.8, 4) is 0 Å². The van der Waals surface area contributed by atoms with E-state index in [4.69, 9.17) is 23.2 Å². The van der Waals surface area contributed by atoms with Crippen LogP contribution in [-0.2, 0) is 0 Å².